The summed E-state index contributed by atoms with van der Waals surface area (Å²) in [6.07, 6.45) is 0.232. The second-order valence-corrected chi connectivity index (χ2v) is 4.45. The van der Waals surface area contributed by atoms with Crippen LogP contribution in [0.4, 0.5) is 0 Å². The number of halogens is 2. The molecule has 0 saturated heterocycles. The number of hydrogen-bond acceptors (Lipinski definition) is 2. The highest BCUT2D eigenvalue weighted by molar-refractivity contribution is 9.08. The molecule has 0 aromatic heterocycles. The topological polar surface area (TPSA) is 26.3 Å². The fourth-order valence-electron chi connectivity index (χ4n) is 1.43. The van der Waals surface area contributed by atoms with Crippen molar-refractivity contribution in [2.24, 2.45) is 0 Å². The van der Waals surface area contributed by atoms with Gasteiger partial charge in [-0.15, -0.1) is 0 Å². The van der Waals surface area contributed by atoms with E-state index in [0.717, 1.165) is 22.0 Å². The Labute approximate surface area is 109 Å². The monoisotopic (exact) mass is 304 g/mol. The molecule has 1 aromatic rings. The van der Waals surface area contributed by atoms with Gasteiger partial charge < -0.3 is 4.74 Å². The zero-order chi connectivity index (χ0) is 12.1. The lowest BCUT2D eigenvalue weighted by Gasteiger charge is -2.09. The molecule has 2 nitrogen and oxygen atoms in total. The number of rotatable bonds is 4. The molecule has 0 amide bonds. The van der Waals surface area contributed by atoms with Gasteiger partial charge in [0.15, 0.2) is 0 Å². The molecule has 1 aromatic carbocycles. The highest BCUT2D eigenvalue weighted by Crippen LogP contribution is 2.23. The second-order valence-electron chi connectivity index (χ2n) is 3.49. The first-order chi connectivity index (χ1) is 7.58. The summed E-state index contributed by atoms with van der Waals surface area (Å²) in [6, 6.07) is 3.83. The van der Waals surface area contributed by atoms with Gasteiger partial charge in [0.1, 0.15) is 0 Å². The molecule has 88 valence electrons. The van der Waals surface area contributed by atoms with Crippen molar-refractivity contribution in [3.63, 3.8) is 0 Å². The van der Waals surface area contributed by atoms with E-state index in [1.807, 2.05) is 19.1 Å². The molecule has 0 aliphatic carbocycles. The normalized spacial score (nSPS) is 10.2. The second kappa shape index (κ2) is 6.26. The molecule has 4 heteroatoms. The first-order valence-corrected chi connectivity index (χ1v) is 6.58. The average molecular weight is 306 g/mol. The molecule has 0 heterocycles. The van der Waals surface area contributed by atoms with Gasteiger partial charge in [0.2, 0.25) is 0 Å². The molecular weight excluding hydrogens is 291 g/mol. The predicted molar refractivity (Wildman–Crippen MR) is 69.2 cm³/mol. The fraction of sp³-hybridized carbons (Fsp3) is 0.417. The number of alkyl halides is 1. The molecule has 0 fully saturated rings. The Morgan fingerprint density at radius 1 is 1.44 bits per heavy atom. The standard InChI is InChI=1S/C12H14BrClO2/c1-3-16-12(15)6-9-4-8(2)10(7-13)5-11(9)14/h4-5H,3,6-7H2,1-2H3. The molecule has 0 atom stereocenters. The van der Waals surface area contributed by atoms with Crippen molar-refractivity contribution in [2.75, 3.05) is 6.61 Å². The fourth-order valence-corrected chi connectivity index (χ4v) is 2.29. The largest absolute Gasteiger partial charge is 0.466 e. The van der Waals surface area contributed by atoms with Crippen molar-refractivity contribution in [3.8, 4) is 0 Å². The van der Waals surface area contributed by atoms with Crippen LogP contribution in [-0.4, -0.2) is 12.6 Å². The van der Waals surface area contributed by atoms with Crippen LogP contribution in [0.3, 0.4) is 0 Å². The summed E-state index contributed by atoms with van der Waals surface area (Å²) in [7, 11) is 0. The summed E-state index contributed by atoms with van der Waals surface area (Å²) < 4.78 is 4.89. The Hall–Kier alpha value is -0.540. The van der Waals surface area contributed by atoms with E-state index in [9.17, 15) is 4.79 Å². The molecule has 0 radical (unpaired) electrons. The summed E-state index contributed by atoms with van der Waals surface area (Å²) in [5.74, 6) is -0.240. The number of ether oxygens (including phenoxy) is 1. The van der Waals surface area contributed by atoms with Crippen LogP contribution in [0.2, 0.25) is 5.02 Å². The third kappa shape index (κ3) is 3.49. The van der Waals surface area contributed by atoms with E-state index in [1.165, 1.54) is 0 Å². The van der Waals surface area contributed by atoms with Crippen LogP contribution in [0.5, 0.6) is 0 Å². The first-order valence-electron chi connectivity index (χ1n) is 5.08. The summed E-state index contributed by atoms with van der Waals surface area (Å²) in [4.78, 5) is 11.3. The maximum absolute atomic E-state index is 11.3. The highest BCUT2D eigenvalue weighted by Gasteiger charge is 2.10. The van der Waals surface area contributed by atoms with Crippen LogP contribution in [-0.2, 0) is 21.3 Å². The molecule has 0 aliphatic heterocycles. The smallest absolute Gasteiger partial charge is 0.310 e. The van der Waals surface area contributed by atoms with Gasteiger partial charge >= 0.3 is 5.97 Å². The zero-order valence-corrected chi connectivity index (χ0v) is 11.7. The lowest BCUT2D eigenvalue weighted by Crippen LogP contribution is -2.08. The van der Waals surface area contributed by atoms with Gasteiger partial charge in [-0.1, -0.05) is 33.6 Å². The quantitative estimate of drug-likeness (QED) is 0.627. The van der Waals surface area contributed by atoms with Gasteiger partial charge in [0.25, 0.3) is 0 Å². The molecule has 0 saturated carbocycles. The summed E-state index contributed by atoms with van der Waals surface area (Å²) in [5, 5.41) is 1.38. The maximum atomic E-state index is 11.3. The Kier molecular flexibility index (Phi) is 5.29. The van der Waals surface area contributed by atoms with E-state index in [1.54, 1.807) is 6.92 Å². The van der Waals surface area contributed by atoms with E-state index >= 15 is 0 Å². The van der Waals surface area contributed by atoms with Crippen LogP contribution >= 0.6 is 27.5 Å². The molecular formula is C12H14BrClO2. The van der Waals surface area contributed by atoms with Gasteiger partial charge in [-0.25, -0.2) is 0 Å². The molecule has 0 spiro atoms. The number of carbonyl (C=O) groups excluding carboxylic acids is 1. The Balaban J connectivity index is 2.89. The zero-order valence-electron chi connectivity index (χ0n) is 9.35. The number of esters is 1. The van der Waals surface area contributed by atoms with Crippen molar-refractivity contribution in [1.82, 2.24) is 0 Å². The van der Waals surface area contributed by atoms with E-state index < -0.39 is 0 Å². The van der Waals surface area contributed by atoms with Crippen LogP contribution in [0, 0.1) is 6.92 Å². The molecule has 0 N–H and O–H groups in total. The predicted octanol–water partition coefficient (Wildman–Crippen LogP) is 3.65. The number of hydrogen-bond donors (Lipinski definition) is 0. The van der Waals surface area contributed by atoms with Crippen LogP contribution in [0.25, 0.3) is 0 Å². The minimum atomic E-state index is -0.240. The minimum Gasteiger partial charge on any atom is -0.466 e. The van der Waals surface area contributed by atoms with Crippen molar-refractivity contribution >= 4 is 33.5 Å². The number of aryl methyl sites for hydroxylation is 1. The minimum absolute atomic E-state index is 0.232. The number of carbonyl (C=O) groups is 1. The SMILES string of the molecule is CCOC(=O)Cc1cc(C)c(CBr)cc1Cl. The third-order valence-corrected chi connectivity index (χ3v) is 3.25. The Morgan fingerprint density at radius 2 is 2.12 bits per heavy atom. The molecule has 0 unspecified atom stereocenters. The van der Waals surface area contributed by atoms with Crippen molar-refractivity contribution < 1.29 is 9.53 Å². The van der Waals surface area contributed by atoms with Crippen LogP contribution in [0.15, 0.2) is 12.1 Å². The van der Waals surface area contributed by atoms with E-state index in [2.05, 4.69) is 15.9 Å². The van der Waals surface area contributed by atoms with E-state index in [-0.39, 0.29) is 12.4 Å². The lowest BCUT2D eigenvalue weighted by molar-refractivity contribution is -0.142. The number of benzene rings is 1. The summed E-state index contributed by atoms with van der Waals surface area (Å²) in [6.45, 7) is 4.19. The molecule has 0 aliphatic rings. The van der Waals surface area contributed by atoms with Gasteiger partial charge in [-0.2, -0.15) is 0 Å². The Bertz CT molecular complexity index is 391. The van der Waals surface area contributed by atoms with E-state index in [4.69, 9.17) is 16.3 Å². The summed E-state index contributed by atoms with van der Waals surface area (Å²) in [5.41, 5.74) is 3.08. The molecule has 0 bridgehead atoms. The van der Waals surface area contributed by atoms with Gasteiger partial charge in [-0.05, 0) is 36.6 Å². The maximum Gasteiger partial charge on any atom is 0.310 e. The van der Waals surface area contributed by atoms with Gasteiger partial charge in [0.05, 0.1) is 13.0 Å². The molecule has 16 heavy (non-hydrogen) atoms. The lowest BCUT2D eigenvalue weighted by atomic mass is 10.0. The van der Waals surface area contributed by atoms with Gasteiger partial charge in [0, 0.05) is 10.4 Å². The van der Waals surface area contributed by atoms with Crippen molar-refractivity contribution in [1.29, 1.82) is 0 Å². The summed E-state index contributed by atoms with van der Waals surface area (Å²) >= 11 is 9.49. The van der Waals surface area contributed by atoms with E-state index in [0.29, 0.717) is 11.6 Å². The Morgan fingerprint density at radius 3 is 2.69 bits per heavy atom. The third-order valence-electron chi connectivity index (χ3n) is 2.29. The van der Waals surface area contributed by atoms with Crippen LogP contribution in [0.1, 0.15) is 23.6 Å². The van der Waals surface area contributed by atoms with Gasteiger partial charge in [-0.3, -0.25) is 4.79 Å². The van der Waals surface area contributed by atoms with Crippen molar-refractivity contribution in [3.05, 3.63) is 33.8 Å². The highest BCUT2D eigenvalue weighted by atomic mass is 79.9. The average Bonchev–Trinajstić information content (AvgIpc) is 2.23. The van der Waals surface area contributed by atoms with Crippen molar-refractivity contribution in [2.45, 2.75) is 25.6 Å². The van der Waals surface area contributed by atoms with Crippen LogP contribution < -0.4 is 0 Å². The molecule has 1 rings (SSSR count). The first kappa shape index (κ1) is 13.5.